The van der Waals surface area contributed by atoms with Crippen molar-refractivity contribution >= 4 is 23.3 Å². The van der Waals surface area contributed by atoms with Gasteiger partial charge < -0.3 is 14.8 Å². The summed E-state index contributed by atoms with van der Waals surface area (Å²) in [6.07, 6.45) is -7.67. The van der Waals surface area contributed by atoms with Crippen LogP contribution in [0, 0.1) is 0 Å². The fraction of sp³-hybridized carbons (Fsp3) is 0.261. The van der Waals surface area contributed by atoms with Crippen LogP contribution in [0.15, 0.2) is 60.8 Å². The Bertz CT molecular complexity index is 1170. The molecule has 2 amide bonds. The molecule has 34 heavy (non-hydrogen) atoms. The normalized spacial score (nSPS) is 16.7. The topological polar surface area (TPSA) is 37.3 Å². The van der Waals surface area contributed by atoms with Crippen molar-refractivity contribution in [3.8, 4) is 0 Å². The molecule has 2 aromatic carbocycles. The van der Waals surface area contributed by atoms with Crippen molar-refractivity contribution in [3.63, 3.8) is 0 Å². The van der Waals surface area contributed by atoms with Gasteiger partial charge in [0, 0.05) is 35.7 Å². The average Bonchev–Trinajstić information content (AvgIpc) is 3.11. The first-order valence-electron chi connectivity index (χ1n) is 10.2. The summed E-state index contributed by atoms with van der Waals surface area (Å²) in [6, 6.07) is 9.91. The van der Waals surface area contributed by atoms with E-state index in [1.165, 1.54) is 4.90 Å². The Balaban J connectivity index is 1.73. The second kappa shape index (κ2) is 8.90. The molecule has 2 heterocycles. The predicted octanol–water partition coefficient (Wildman–Crippen LogP) is 7.21. The van der Waals surface area contributed by atoms with Crippen molar-refractivity contribution in [1.82, 2.24) is 9.47 Å². The highest BCUT2D eigenvalue weighted by molar-refractivity contribution is 6.30. The van der Waals surface area contributed by atoms with E-state index in [-0.39, 0.29) is 12.6 Å². The van der Waals surface area contributed by atoms with Crippen molar-refractivity contribution in [3.05, 3.63) is 88.2 Å². The lowest BCUT2D eigenvalue weighted by molar-refractivity contribution is -0.143. The number of rotatable bonds is 2. The van der Waals surface area contributed by atoms with E-state index >= 15 is 0 Å². The van der Waals surface area contributed by atoms with Crippen molar-refractivity contribution < 1.29 is 31.1 Å². The third-order valence-electron chi connectivity index (χ3n) is 5.52. The molecule has 0 aliphatic carbocycles. The molecule has 1 aliphatic heterocycles. The molecule has 4 rings (SSSR count). The van der Waals surface area contributed by atoms with Gasteiger partial charge in [0.1, 0.15) is 0 Å². The molecule has 0 radical (unpaired) electrons. The molecule has 0 saturated carbocycles. The number of aromatic nitrogens is 1. The quantitative estimate of drug-likeness (QED) is 0.370. The molecule has 0 spiro atoms. The highest BCUT2D eigenvalue weighted by atomic mass is 35.5. The highest BCUT2D eigenvalue weighted by Crippen LogP contribution is 2.38. The number of halogens is 7. The molecule has 0 fully saturated rings. The van der Waals surface area contributed by atoms with Gasteiger partial charge in [-0.1, -0.05) is 23.7 Å². The summed E-state index contributed by atoms with van der Waals surface area (Å²) < 4.78 is 81.3. The first-order valence-corrected chi connectivity index (χ1v) is 10.6. The van der Waals surface area contributed by atoms with Crippen molar-refractivity contribution in [1.29, 1.82) is 0 Å². The maximum atomic E-state index is 13.3. The average molecular weight is 502 g/mol. The highest BCUT2D eigenvalue weighted by Gasteiger charge is 2.38. The first kappa shape index (κ1) is 24.0. The van der Waals surface area contributed by atoms with Gasteiger partial charge in [-0.15, -0.1) is 0 Å². The molecule has 1 atom stereocenters. The number of fused-ring (bicyclic) bond motifs is 1. The van der Waals surface area contributed by atoms with Crippen LogP contribution in [0.5, 0.6) is 0 Å². The number of nitrogens with one attached hydrogen (secondary N) is 1. The number of carbonyl (C=O) groups is 1. The number of anilines is 1. The number of aryl methyl sites for hydroxylation is 1. The second-order valence-electron chi connectivity index (χ2n) is 7.86. The second-order valence-corrected chi connectivity index (χ2v) is 8.29. The number of amides is 2. The monoisotopic (exact) mass is 501 g/mol. The summed E-state index contributed by atoms with van der Waals surface area (Å²) in [6.45, 7) is 0.806. The number of hydrogen-bond donors (Lipinski definition) is 1. The van der Waals surface area contributed by atoms with Gasteiger partial charge >= 0.3 is 18.4 Å². The van der Waals surface area contributed by atoms with Gasteiger partial charge in [0.2, 0.25) is 0 Å². The number of benzene rings is 2. The van der Waals surface area contributed by atoms with Crippen LogP contribution in [-0.4, -0.2) is 22.0 Å². The SMILES string of the molecule is O=C(Nc1cc(C(F)(F)F)cc(C(F)(F)F)c1)N1CCCn2cccc2C1c1cccc(Cl)c1. The summed E-state index contributed by atoms with van der Waals surface area (Å²) >= 11 is 6.14. The number of alkyl halides is 6. The van der Waals surface area contributed by atoms with Gasteiger partial charge in [0.15, 0.2) is 0 Å². The molecular formula is C23H18ClF6N3O. The zero-order chi connectivity index (χ0) is 24.7. The number of nitrogens with zero attached hydrogens (tertiary/aromatic N) is 2. The van der Waals surface area contributed by atoms with Gasteiger partial charge in [-0.2, -0.15) is 26.3 Å². The van der Waals surface area contributed by atoms with Gasteiger partial charge in [0.25, 0.3) is 0 Å². The zero-order valence-corrected chi connectivity index (χ0v) is 18.2. The van der Waals surface area contributed by atoms with Crippen LogP contribution in [0.4, 0.5) is 36.8 Å². The lowest BCUT2D eigenvalue weighted by atomic mass is 10.0. The fourth-order valence-corrected chi connectivity index (χ4v) is 4.25. The van der Waals surface area contributed by atoms with E-state index in [0.29, 0.717) is 35.7 Å². The predicted molar refractivity (Wildman–Crippen MR) is 115 cm³/mol. The summed E-state index contributed by atoms with van der Waals surface area (Å²) in [7, 11) is 0. The maximum absolute atomic E-state index is 13.3. The molecule has 1 aromatic heterocycles. The third-order valence-corrected chi connectivity index (χ3v) is 5.75. The minimum Gasteiger partial charge on any atom is -0.349 e. The van der Waals surface area contributed by atoms with E-state index in [9.17, 15) is 31.1 Å². The van der Waals surface area contributed by atoms with Gasteiger partial charge in [-0.3, -0.25) is 0 Å². The number of urea groups is 1. The smallest absolute Gasteiger partial charge is 0.349 e. The lowest BCUT2D eigenvalue weighted by Gasteiger charge is -2.31. The van der Waals surface area contributed by atoms with Crippen molar-refractivity contribution in [2.24, 2.45) is 0 Å². The van der Waals surface area contributed by atoms with Crippen LogP contribution in [0.25, 0.3) is 0 Å². The first-order chi connectivity index (χ1) is 15.9. The maximum Gasteiger partial charge on any atom is 0.416 e. The Morgan fingerprint density at radius 3 is 2.21 bits per heavy atom. The van der Waals surface area contributed by atoms with Gasteiger partial charge in [-0.05, 0) is 54.4 Å². The Morgan fingerprint density at radius 1 is 0.912 bits per heavy atom. The van der Waals surface area contributed by atoms with Crippen LogP contribution in [0.1, 0.15) is 34.8 Å². The lowest BCUT2D eigenvalue weighted by Crippen LogP contribution is -2.39. The number of hydrogen-bond acceptors (Lipinski definition) is 1. The van der Waals surface area contributed by atoms with Gasteiger partial charge in [0.05, 0.1) is 17.2 Å². The molecule has 3 aromatic rings. The van der Waals surface area contributed by atoms with Crippen LogP contribution in [0.3, 0.4) is 0 Å². The van der Waals surface area contributed by atoms with Crippen LogP contribution >= 0.6 is 11.6 Å². The Labute approximate surface area is 195 Å². The molecule has 4 nitrogen and oxygen atoms in total. The zero-order valence-electron chi connectivity index (χ0n) is 17.4. The van der Waals surface area contributed by atoms with E-state index in [1.54, 1.807) is 30.3 Å². The molecule has 1 aliphatic rings. The largest absolute Gasteiger partial charge is 0.416 e. The summed E-state index contributed by atoms with van der Waals surface area (Å²) in [5.41, 5.74) is -2.21. The molecule has 0 saturated heterocycles. The Kier molecular flexibility index (Phi) is 6.28. The third kappa shape index (κ3) is 5.01. The summed E-state index contributed by atoms with van der Waals surface area (Å²) in [5.74, 6) is 0. The van der Waals surface area contributed by atoms with Gasteiger partial charge in [-0.25, -0.2) is 4.79 Å². The summed E-state index contributed by atoms with van der Waals surface area (Å²) in [5, 5.41) is 2.67. The van der Waals surface area contributed by atoms with E-state index in [2.05, 4.69) is 5.32 Å². The van der Waals surface area contributed by atoms with E-state index in [0.717, 1.165) is 5.69 Å². The summed E-state index contributed by atoms with van der Waals surface area (Å²) in [4.78, 5) is 14.6. The number of carbonyl (C=O) groups excluding carboxylic acids is 1. The minimum absolute atomic E-state index is 0.0171. The molecule has 1 N–H and O–H groups in total. The molecule has 0 bridgehead atoms. The van der Waals surface area contributed by atoms with E-state index in [4.69, 9.17) is 11.6 Å². The molecule has 180 valence electrons. The van der Waals surface area contributed by atoms with E-state index < -0.39 is 41.2 Å². The molecular weight excluding hydrogens is 484 g/mol. The minimum atomic E-state index is -5.02. The molecule has 1 unspecified atom stereocenters. The Morgan fingerprint density at radius 2 is 1.59 bits per heavy atom. The van der Waals surface area contributed by atoms with Crippen molar-refractivity contribution in [2.75, 3.05) is 11.9 Å². The van der Waals surface area contributed by atoms with Crippen LogP contribution in [-0.2, 0) is 18.9 Å². The Hall–Kier alpha value is -3.14. The van der Waals surface area contributed by atoms with E-state index in [1.807, 2.05) is 16.8 Å². The standard InChI is InChI=1S/C23H18ClF6N3O/c24-17-5-1-4-14(10-17)20-19-6-2-7-32(19)8-3-9-33(20)21(34)31-18-12-15(22(25,26)27)11-16(13-18)23(28,29)30/h1-2,4-7,10-13,20H,3,8-9H2,(H,31,34). The van der Waals surface area contributed by atoms with Crippen LogP contribution in [0.2, 0.25) is 5.02 Å². The van der Waals surface area contributed by atoms with Crippen LogP contribution < -0.4 is 5.32 Å². The van der Waals surface area contributed by atoms with Crippen molar-refractivity contribution in [2.45, 2.75) is 31.4 Å². The fourth-order valence-electron chi connectivity index (χ4n) is 4.05. The molecule has 11 heteroatoms.